The van der Waals surface area contributed by atoms with Crippen molar-refractivity contribution in [3.63, 3.8) is 0 Å². The molecule has 0 saturated heterocycles. The number of methoxy groups -OCH3 is 1. The Balaban J connectivity index is 2.42. The molecule has 0 spiro atoms. The van der Waals surface area contributed by atoms with Crippen LogP contribution in [0.25, 0.3) is 0 Å². The maximum absolute atomic E-state index is 12.9. The third kappa shape index (κ3) is 4.51. The Kier molecular flexibility index (Phi) is 6.03. The van der Waals surface area contributed by atoms with Gasteiger partial charge in [-0.1, -0.05) is 12.1 Å². The molecule has 7 heteroatoms. The molecule has 2 rings (SSSR count). The molecule has 0 aliphatic heterocycles. The van der Waals surface area contributed by atoms with Crippen molar-refractivity contribution in [2.75, 3.05) is 13.7 Å². The Labute approximate surface area is 146 Å². The van der Waals surface area contributed by atoms with Gasteiger partial charge in [-0.05, 0) is 48.9 Å². The zero-order valence-corrected chi connectivity index (χ0v) is 14.8. The summed E-state index contributed by atoms with van der Waals surface area (Å²) < 4.78 is 36.2. The van der Waals surface area contributed by atoms with Crippen LogP contribution in [0.1, 0.15) is 24.2 Å². The Bertz CT molecular complexity index is 810. The molecule has 0 fully saturated rings. The fraction of sp³-hybridized carbons (Fsp3) is 0.278. The highest BCUT2D eigenvalue weighted by Crippen LogP contribution is 2.33. The topological polar surface area (TPSA) is 89.9 Å². The number of rotatable bonds is 8. The van der Waals surface area contributed by atoms with Gasteiger partial charge in [0.05, 0.1) is 25.0 Å². The molecule has 6 nitrogen and oxygen atoms in total. The van der Waals surface area contributed by atoms with Gasteiger partial charge in [0.25, 0.3) is 0 Å². The molecule has 2 aromatic carbocycles. The largest absolute Gasteiger partial charge is 0.497 e. The predicted octanol–water partition coefficient (Wildman–Crippen LogP) is 3.08. The molecule has 0 aliphatic rings. The summed E-state index contributed by atoms with van der Waals surface area (Å²) in [5, 5.41) is 7.98. The number of hydrogen-bond donors (Lipinski definition) is 1. The van der Waals surface area contributed by atoms with Gasteiger partial charge >= 0.3 is 5.97 Å². The lowest BCUT2D eigenvalue weighted by molar-refractivity contribution is -0.137. The maximum atomic E-state index is 12.9. The third-order valence-corrected chi connectivity index (χ3v) is 5.80. The number of aliphatic carboxylic acids is 1. The van der Waals surface area contributed by atoms with Crippen molar-refractivity contribution < 1.29 is 27.8 Å². The van der Waals surface area contributed by atoms with Crippen molar-refractivity contribution in [1.29, 1.82) is 0 Å². The minimum atomic E-state index is -3.88. The van der Waals surface area contributed by atoms with E-state index in [0.717, 1.165) is 0 Å². The Hall–Kier alpha value is -2.54. The Morgan fingerprint density at radius 1 is 1.04 bits per heavy atom. The summed E-state index contributed by atoms with van der Waals surface area (Å²) in [4.78, 5) is 11.3. The van der Waals surface area contributed by atoms with Gasteiger partial charge in [0, 0.05) is 0 Å². The average molecular weight is 364 g/mol. The lowest BCUT2D eigenvalue weighted by Gasteiger charge is -2.17. The summed E-state index contributed by atoms with van der Waals surface area (Å²) in [6.45, 7) is 2.33. The first-order valence-electron chi connectivity index (χ1n) is 7.71. The summed E-state index contributed by atoms with van der Waals surface area (Å²) >= 11 is 0. The summed E-state index contributed by atoms with van der Waals surface area (Å²) in [6.07, 6.45) is -0.525. The standard InChI is InChI=1S/C18H20O6S/c1-3-24-15-6-4-13(5-7-15)17(12-18(19)20)25(21,22)16-10-8-14(23-2)9-11-16/h4-11,17H,3,12H2,1-2H3,(H,19,20). The van der Waals surface area contributed by atoms with Crippen LogP contribution in [0.4, 0.5) is 0 Å². The van der Waals surface area contributed by atoms with Crippen LogP contribution >= 0.6 is 0 Å². The second-order valence-corrected chi connectivity index (χ2v) is 7.44. The van der Waals surface area contributed by atoms with Gasteiger partial charge in [-0.25, -0.2) is 8.42 Å². The smallest absolute Gasteiger partial charge is 0.305 e. The number of carbonyl (C=O) groups is 1. The average Bonchev–Trinajstić information content (AvgIpc) is 2.60. The fourth-order valence-corrected chi connectivity index (χ4v) is 4.16. The summed E-state index contributed by atoms with van der Waals surface area (Å²) in [7, 11) is -2.39. The SMILES string of the molecule is CCOc1ccc(C(CC(=O)O)S(=O)(=O)c2ccc(OC)cc2)cc1. The lowest BCUT2D eigenvalue weighted by Crippen LogP contribution is -2.17. The van der Waals surface area contributed by atoms with Crippen molar-refractivity contribution in [3.8, 4) is 11.5 Å². The van der Waals surface area contributed by atoms with Crippen molar-refractivity contribution in [1.82, 2.24) is 0 Å². The first kappa shape index (κ1) is 18.8. The molecule has 1 unspecified atom stereocenters. The van der Waals surface area contributed by atoms with E-state index in [2.05, 4.69) is 0 Å². The van der Waals surface area contributed by atoms with Crippen LogP contribution in [0.15, 0.2) is 53.4 Å². The maximum Gasteiger partial charge on any atom is 0.305 e. The minimum absolute atomic E-state index is 0.0495. The van der Waals surface area contributed by atoms with Gasteiger partial charge in [-0.3, -0.25) is 4.79 Å². The second-order valence-electron chi connectivity index (χ2n) is 5.31. The molecule has 0 aliphatic carbocycles. The van der Waals surface area contributed by atoms with Crippen molar-refractivity contribution in [2.45, 2.75) is 23.5 Å². The molecule has 1 N–H and O–H groups in total. The Morgan fingerprint density at radius 3 is 2.08 bits per heavy atom. The highest BCUT2D eigenvalue weighted by molar-refractivity contribution is 7.91. The third-order valence-electron chi connectivity index (χ3n) is 3.69. The van der Waals surface area contributed by atoms with E-state index >= 15 is 0 Å². The van der Waals surface area contributed by atoms with Crippen molar-refractivity contribution >= 4 is 15.8 Å². The van der Waals surface area contributed by atoms with Crippen molar-refractivity contribution in [3.05, 3.63) is 54.1 Å². The molecule has 2 aromatic rings. The zero-order valence-electron chi connectivity index (χ0n) is 14.0. The van der Waals surface area contributed by atoms with Gasteiger partial charge in [0.2, 0.25) is 0 Å². The highest BCUT2D eigenvalue weighted by atomic mass is 32.2. The van der Waals surface area contributed by atoms with E-state index in [-0.39, 0.29) is 4.90 Å². The van der Waals surface area contributed by atoms with Crippen LogP contribution in [0.5, 0.6) is 11.5 Å². The first-order chi connectivity index (χ1) is 11.9. The number of carboxylic acid groups (broad SMARTS) is 1. The molecule has 1 atom stereocenters. The fourth-order valence-electron chi connectivity index (χ4n) is 2.44. The van der Waals surface area contributed by atoms with Crippen LogP contribution in [-0.4, -0.2) is 33.2 Å². The predicted molar refractivity (Wildman–Crippen MR) is 92.8 cm³/mol. The number of hydrogen-bond acceptors (Lipinski definition) is 5. The number of carboxylic acids is 1. The molecule has 0 heterocycles. The molecule has 0 saturated carbocycles. The molecule has 0 radical (unpaired) electrons. The minimum Gasteiger partial charge on any atom is -0.497 e. The van der Waals surface area contributed by atoms with E-state index < -0.39 is 27.5 Å². The number of benzene rings is 2. The van der Waals surface area contributed by atoms with Crippen LogP contribution in [0.3, 0.4) is 0 Å². The van der Waals surface area contributed by atoms with Gasteiger partial charge in [0.1, 0.15) is 16.7 Å². The molecule has 134 valence electrons. The lowest BCUT2D eigenvalue weighted by atomic mass is 10.1. The summed E-state index contributed by atoms with van der Waals surface area (Å²) in [5.41, 5.74) is 0.404. The van der Waals surface area contributed by atoms with Gasteiger partial charge in [-0.15, -0.1) is 0 Å². The molecule has 0 bridgehead atoms. The van der Waals surface area contributed by atoms with Crippen LogP contribution in [-0.2, 0) is 14.6 Å². The van der Waals surface area contributed by atoms with Crippen LogP contribution < -0.4 is 9.47 Å². The van der Waals surface area contributed by atoms with Crippen LogP contribution in [0, 0.1) is 0 Å². The van der Waals surface area contributed by atoms with Gasteiger partial charge < -0.3 is 14.6 Å². The highest BCUT2D eigenvalue weighted by Gasteiger charge is 2.31. The summed E-state index contributed by atoms with van der Waals surface area (Å²) in [6, 6.07) is 12.3. The van der Waals surface area contributed by atoms with E-state index in [1.165, 1.54) is 31.4 Å². The van der Waals surface area contributed by atoms with Crippen molar-refractivity contribution in [2.24, 2.45) is 0 Å². The monoisotopic (exact) mass is 364 g/mol. The van der Waals surface area contributed by atoms with Gasteiger partial charge in [-0.2, -0.15) is 0 Å². The van der Waals surface area contributed by atoms with Gasteiger partial charge in [0.15, 0.2) is 9.84 Å². The summed E-state index contributed by atoms with van der Waals surface area (Å²) in [5.74, 6) is -0.0621. The molecular weight excluding hydrogens is 344 g/mol. The van der Waals surface area contributed by atoms with E-state index in [0.29, 0.717) is 23.7 Å². The number of ether oxygens (including phenoxy) is 2. The molecule has 0 aromatic heterocycles. The van der Waals surface area contributed by atoms with E-state index in [4.69, 9.17) is 14.6 Å². The number of sulfone groups is 1. The second kappa shape index (κ2) is 8.02. The van der Waals surface area contributed by atoms with E-state index in [1.807, 2.05) is 6.92 Å². The van der Waals surface area contributed by atoms with E-state index in [1.54, 1.807) is 24.3 Å². The molecule has 25 heavy (non-hydrogen) atoms. The normalized spacial score (nSPS) is 12.4. The first-order valence-corrected chi connectivity index (χ1v) is 9.25. The zero-order chi connectivity index (χ0) is 18.4. The van der Waals surface area contributed by atoms with E-state index in [9.17, 15) is 13.2 Å². The molecular formula is C18H20O6S. The molecule has 0 amide bonds. The van der Waals surface area contributed by atoms with Crippen LogP contribution in [0.2, 0.25) is 0 Å². The quantitative estimate of drug-likeness (QED) is 0.774. The Morgan fingerprint density at radius 2 is 1.60 bits per heavy atom.